The Hall–Kier alpha value is -2.42. The fraction of sp³-hybridized carbons (Fsp3) is 0.320. The van der Waals surface area contributed by atoms with Crippen molar-refractivity contribution in [2.45, 2.75) is 38.5 Å². The van der Waals surface area contributed by atoms with E-state index in [0.717, 1.165) is 35.0 Å². The van der Waals surface area contributed by atoms with Crippen LogP contribution in [0.2, 0.25) is 5.02 Å². The number of hydrogen-bond acceptors (Lipinski definition) is 7. The number of halogens is 1. The van der Waals surface area contributed by atoms with Crippen LogP contribution in [0.25, 0.3) is 0 Å². The zero-order chi connectivity index (χ0) is 24.2. The summed E-state index contributed by atoms with van der Waals surface area (Å²) in [4.78, 5) is 35.9. The van der Waals surface area contributed by atoms with Crippen molar-refractivity contribution in [1.29, 1.82) is 0 Å². The van der Waals surface area contributed by atoms with Crippen LogP contribution < -0.4 is 4.90 Å². The molecule has 0 atom stereocenters. The summed E-state index contributed by atoms with van der Waals surface area (Å²) in [5.74, 6) is -0.388. The lowest BCUT2D eigenvalue weighted by Crippen LogP contribution is -2.30. The maximum Gasteiger partial charge on any atom is 0.338 e. The average Bonchev–Trinajstić information content (AvgIpc) is 3.34. The highest BCUT2D eigenvalue weighted by Gasteiger charge is 2.39. The number of amides is 1. The minimum Gasteiger partial charge on any atom is -0.462 e. The van der Waals surface area contributed by atoms with Gasteiger partial charge in [0.2, 0.25) is 0 Å². The number of rotatable bonds is 7. The van der Waals surface area contributed by atoms with Crippen LogP contribution in [-0.4, -0.2) is 41.6 Å². The van der Waals surface area contributed by atoms with Gasteiger partial charge in [-0.25, -0.2) is 9.79 Å². The quantitative estimate of drug-likeness (QED) is 0.302. The molecule has 0 aromatic heterocycles. The van der Waals surface area contributed by atoms with Crippen LogP contribution in [0.4, 0.5) is 11.4 Å². The predicted octanol–water partition coefficient (Wildman–Crippen LogP) is 6.68. The maximum atomic E-state index is 13.5. The van der Waals surface area contributed by atoms with Crippen molar-refractivity contribution in [2.24, 2.45) is 4.99 Å². The molecule has 9 heteroatoms. The van der Waals surface area contributed by atoms with Gasteiger partial charge < -0.3 is 9.64 Å². The van der Waals surface area contributed by atoms with E-state index in [1.165, 1.54) is 11.8 Å². The first kappa shape index (κ1) is 24.7. The SMILES string of the molecule is CCCCN1C(=O)/C(=C2/Sc3ccc(Cl)cc3N2CC)SC1=Nc1ccc(C(=O)OCC)cc1. The maximum absolute atomic E-state index is 13.5. The fourth-order valence-corrected chi connectivity index (χ4v) is 6.23. The third-order valence-electron chi connectivity index (χ3n) is 5.38. The highest BCUT2D eigenvalue weighted by Crippen LogP contribution is 2.51. The molecule has 1 saturated heterocycles. The van der Waals surface area contributed by atoms with Gasteiger partial charge in [0.15, 0.2) is 5.17 Å². The third-order valence-corrected chi connectivity index (χ3v) is 7.99. The summed E-state index contributed by atoms with van der Waals surface area (Å²) in [5.41, 5.74) is 2.18. The molecule has 2 aliphatic heterocycles. The van der Waals surface area contributed by atoms with Crippen LogP contribution >= 0.6 is 35.1 Å². The second kappa shape index (κ2) is 10.9. The van der Waals surface area contributed by atoms with Gasteiger partial charge in [0.1, 0.15) is 9.93 Å². The highest BCUT2D eigenvalue weighted by molar-refractivity contribution is 8.19. The van der Waals surface area contributed by atoms with Crippen LogP contribution in [0, 0.1) is 0 Å². The largest absolute Gasteiger partial charge is 0.462 e. The van der Waals surface area contributed by atoms with Crippen molar-refractivity contribution in [3.8, 4) is 0 Å². The predicted molar refractivity (Wildman–Crippen MR) is 141 cm³/mol. The average molecular weight is 516 g/mol. The molecule has 2 aromatic rings. The summed E-state index contributed by atoms with van der Waals surface area (Å²) < 4.78 is 5.05. The Morgan fingerprint density at radius 3 is 2.50 bits per heavy atom. The number of hydrogen-bond donors (Lipinski definition) is 0. The second-order valence-corrected chi connectivity index (χ2v) is 10.1. The molecule has 1 fully saturated rings. The first-order valence-corrected chi connectivity index (χ1v) is 13.3. The minimum atomic E-state index is -0.360. The molecule has 0 spiro atoms. The smallest absolute Gasteiger partial charge is 0.338 e. The van der Waals surface area contributed by atoms with E-state index in [1.807, 2.05) is 18.2 Å². The Bertz CT molecular complexity index is 1160. The molecule has 2 aromatic carbocycles. The number of ether oxygens (including phenoxy) is 1. The monoisotopic (exact) mass is 515 g/mol. The van der Waals surface area contributed by atoms with Gasteiger partial charge >= 0.3 is 5.97 Å². The molecule has 0 unspecified atom stereocenters. The lowest BCUT2D eigenvalue weighted by molar-refractivity contribution is -0.122. The normalized spacial score (nSPS) is 18.7. The van der Waals surface area contributed by atoms with Gasteiger partial charge in [-0.1, -0.05) is 36.7 Å². The number of benzene rings is 2. The molecule has 0 radical (unpaired) electrons. The summed E-state index contributed by atoms with van der Waals surface area (Å²) >= 11 is 9.24. The van der Waals surface area contributed by atoms with Gasteiger partial charge in [-0.05, 0) is 74.5 Å². The summed E-state index contributed by atoms with van der Waals surface area (Å²) in [5, 5.41) is 2.24. The van der Waals surface area contributed by atoms with Crippen molar-refractivity contribution in [1.82, 2.24) is 4.90 Å². The van der Waals surface area contributed by atoms with E-state index in [0.29, 0.717) is 39.5 Å². The number of carbonyl (C=O) groups is 2. The summed E-state index contributed by atoms with van der Waals surface area (Å²) in [7, 11) is 0. The molecule has 0 bridgehead atoms. The third kappa shape index (κ3) is 4.99. The number of thioether (sulfide) groups is 2. The van der Waals surface area contributed by atoms with E-state index in [4.69, 9.17) is 21.3 Å². The van der Waals surface area contributed by atoms with Crippen molar-refractivity contribution < 1.29 is 14.3 Å². The van der Waals surface area contributed by atoms with E-state index in [9.17, 15) is 9.59 Å². The number of fused-ring (bicyclic) bond motifs is 1. The van der Waals surface area contributed by atoms with Crippen molar-refractivity contribution >= 4 is 63.5 Å². The molecule has 4 rings (SSSR count). The fourth-order valence-electron chi connectivity index (χ4n) is 3.67. The number of esters is 1. The van der Waals surface area contributed by atoms with E-state index in [2.05, 4.69) is 18.7 Å². The van der Waals surface area contributed by atoms with Crippen LogP contribution in [0.15, 0.2) is 62.3 Å². The van der Waals surface area contributed by atoms with Gasteiger partial charge in [0, 0.05) is 23.0 Å². The molecular formula is C25H26ClN3O3S2. The zero-order valence-corrected chi connectivity index (χ0v) is 21.7. The molecule has 178 valence electrons. The van der Waals surface area contributed by atoms with Crippen LogP contribution in [-0.2, 0) is 9.53 Å². The van der Waals surface area contributed by atoms with E-state index in [1.54, 1.807) is 47.9 Å². The number of anilines is 1. The van der Waals surface area contributed by atoms with E-state index in [-0.39, 0.29) is 11.9 Å². The molecular weight excluding hydrogens is 490 g/mol. The van der Waals surface area contributed by atoms with Crippen molar-refractivity contribution in [3.05, 3.63) is 63.0 Å². The van der Waals surface area contributed by atoms with Crippen LogP contribution in [0.1, 0.15) is 44.0 Å². The molecule has 2 aliphatic rings. The Labute approximate surface area is 213 Å². The minimum absolute atomic E-state index is 0.0276. The second-order valence-electron chi connectivity index (χ2n) is 7.67. The first-order chi connectivity index (χ1) is 16.5. The lowest BCUT2D eigenvalue weighted by Gasteiger charge is -2.19. The summed E-state index contributed by atoms with van der Waals surface area (Å²) in [6, 6.07) is 12.7. The van der Waals surface area contributed by atoms with Gasteiger partial charge in [0.25, 0.3) is 5.91 Å². The summed E-state index contributed by atoms with van der Waals surface area (Å²) in [6.07, 6.45) is 1.86. The number of nitrogens with zero attached hydrogens (tertiary/aromatic N) is 3. The Balaban J connectivity index is 1.68. The number of amidine groups is 1. The molecule has 0 aliphatic carbocycles. The van der Waals surface area contributed by atoms with Gasteiger partial charge in [-0.2, -0.15) is 0 Å². The zero-order valence-electron chi connectivity index (χ0n) is 19.3. The number of carbonyl (C=O) groups excluding carboxylic acids is 2. The molecule has 0 N–H and O–H groups in total. The van der Waals surface area contributed by atoms with Gasteiger partial charge in [-0.3, -0.25) is 9.69 Å². The van der Waals surface area contributed by atoms with Crippen LogP contribution in [0.5, 0.6) is 0 Å². The van der Waals surface area contributed by atoms with Crippen molar-refractivity contribution in [2.75, 3.05) is 24.6 Å². The first-order valence-electron chi connectivity index (χ1n) is 11.3. The van der Waals surface area contributed by atoms with Gasteiger partial charge in [-0.15, -0.1) is 0 Å². The topological polar surface area (TPSA) is 62.2 Å². The van der Waals surface area contributed by atoms with Crippen molar-refractivity contribution in [3.63, 3.8) is 0 Å². The number of unbranched alkanes of at least 4 members (excludes halogenated alkanes) is 1. The molecule has 6 nitrogen and oxygen atoms in total. The Kier molecular flexibility index (Phi) is 7.91. The Morgan fingerprint density at radius 1 is 1.06 bits per heavy atom. The van der Waals surface area contributed by atoms with Crippen LogP contribution in [0.3, 0.4) is 0 Å². The molecule has 0 saturated carbocycles. The standard InChI is InChI=1S/C25H26ClN3O3S2/c1-4-7-14-29-22(30)21(23-28(5-2)19-15-17(26)10-13-20(19)33-23)34-25(29)27-18-11-8-16(9-12-18)24(31)32-6-3/h8-13,15H,4-7,14H2,1-3H3/b23-21-,27-25?. The summed E-state index contributed by atoms with van der Waals surface area (Å²) in [6.45, 7) is 7.60. The van der Waals surface area contributed by atoms with Gasteiger partial charge in [0.05, 0.1) is 23.5 Å². The lowest BCUT2D eigenvalue weighted by atomic mass is 10.2. The molecule has 34 heavy (non-hydrogen) atoms. The Morgan fingerprint density at radius 2 is 1.82 bits per heavy atom. The van der Waals surface area contributed by atoms with E-state index >= 15 is 0 Å². The number of aliphatic imine (C=N–C) groups is 1. The highest BCUT2D eigenvalue weighted by atomic mass is 35.5. The molecule has 2 heterocycles. The molecule has 1 amide bonds. The van der Waals surface area contributed by atoms with E-state index < -0.39 is 0 Å².